The molecule has 1 fully saturated rings. The molecule has 0 spiro atoms. The Labute approximate surface area is 159 Å². The van der Waals surface area contributed by atoms with Crippen molar-refractivity contribution in [1.82, 2.24) is 0 Å². The second kappa shape index (κ2) is 8.71. The zero-order valence-electron chi connectivity index (χ0n) is 15.8. The van der Waals surface area contributed by atoms with E-state index in [0.717, 1.165) is 31.4 Å². The third-order valence-corrected chi connectivity index (χ3v) is 5.07. The van der Waals surface area contributed by atoms with Gasteiger partial charge in [-0.1, -0.05) is 43.5 Å². The molecule has 0 atom stereocenters. The summed E-state index contributed by atoms with van der Waals surface area (Å²) in [4.78, 5) is 27.1. The van der Waals surface area contributed by atoms with Gasteiger partial charge in [0.05, 0.1) is 31.0 Å². The van der Waals surface area contributed by atoms with Gasteiger partial charge in [0.2, 0.25) is 0 Å². The second-order valence-electron chi connectivity index (χ2n) is 6.68. The number of nitrogens with zero attached hydrogens (tertiary/aromatic N) is 1. The standard InChI is InChI=1S/C22H25NO4/c1-26-21(24)18-14-9-15-19(20(18)22(25)27-2)23(16-10-5-3-6-11-16)17-12-7-4-8-13-17/h3,5-6,9-11,14-15,17H,4,7-8,12-13H2,1-2H3. The minimum Gasteiger partial charge on any atom is -0.465 e. The van der Waals surface area contributed by atoms with Crippen LogP contribution in [0.5, 0.6) is 0 Å². The first-order valence-corrected chi connectivity index (χ1v) is 9.31. The minimum atomic E-state index is -0.547. The van der Waals surface area contributed by atoms with Crippen LogP contribution in [0, 0.1) is 0 Å². The van der Waals surface area contributed by atoms with E-state index in [-0.39, 0.29) is 17.2 Å². The van der Waals surface area contributed by atoms with Crippen LogP contribution in [0.25, 0.3) is 0 Å². The van der Waals surface area contributed by atoms with Crippen LogP contribution in [0.4, 0.5) is 11.4 Å². The number of benzene rings is 2. The van der Waals surface area contributed by atoms with Crippen molar-refractivity contribution in [3.63, 3.8) is 0 Å². The Morgan fingerprint density at radius 2 is 1.52 bits per heavy atom. The molecule has 1 aliphatic carbocycles. The van der Waals surface area contributed by atoms with Gasteiger partial charge in [-0.15, -0.1) is 0 Å². The quantitative estimate of drug-likeness (QED) is 0.715. The van der Waals surface area contributed by atoms with Crippen LogP contribution in [0.1, 0.15) is 52.8 Å². The average Bonchev–Trinajstić information content (AvgIpc) is 2.74. The molecular weight excluding hydrogens is 342 g/mol. The molecule has 27 heavy (non-hydrogen) atoms. The fourth-order valence-corrected chi connectivity index (χ4v) is 3.81. The van der Waals surface area contributed by atoms with Crippen molar-refractivity contribution < 1.29 is 19.1 Å². The summed E-state index contributed by atoms with van der Waals surface area (Å²) >= 11 is 0. The summed E-state index contributed by atoms with van der Waals surface area (Å²) in [5, 5.41) is 0. The predicted octanol–water partition coefficient (Wildman–Crippen LogP) is 4.73. The molecule has 142 valence electrons. The van der Waals surface area contributed by atoms with Crippen LogP contribution < -0.4 is 4.90 Å². The Morgan fingerprint density at radius 1 is 0.852 bits per heavy atom. The second-order valence-corrected chi connectivity index (χ2v) is 6.68. The smallest absolute Gasteiger partial charge is 0.340 e. The lowest BCUT2D eigenvalue weighted by Crippen LogP contribution is -2.34. The van der Waals surface area contributed by atoms with E-state index in [1.54, 1.807) is 12.1 Å². The number of carbonyl (C=O) groups excluding carboxylic acids is 2. The maximum atomic E-state index is 12.6. The minimum absolute atomic E-state index is 0.221. The highest BCUT2D eigenvalue weighted by atomic mass is 16.5. The Bertz CT molecular complexity index is 797. The van der Waals surface area contributed by atoms with Gasteiger partial charge in [-0.25, -0.2) is 9.59 Å². The molecule has 0 unspecified atom stereocenters. The van der Waals surface area contributed by atoms with Crippen molar-refractivity contribution in [3.05, 3.63) is 59.7 Å². The molecule has 1 aliphatic rings. The van der Waals surface area contributed by atoms with Crippen molar-refractivity contribution in [1.29, 1.82) is 0 Å². The van der Waals surface area contributed by atoms with Crippen LogP contribution in [0.2, 0.25) is 0 Å². The molecule has 5 heteroatoms. The highest BCUT2D eigenvalue weighted by Gasteiger charge is 2.30. The number of ether oxygens (including phenoxy) is 2. The summed E-state index contributed by atoms with van der Waals surface area (Å²) < 4.78 is 9.90. The zero-order chi connectivity index (χ0) is 19.2. The van der Waals surface area contributed by atoms with Gasteiger partial charge in [-0.2, -0.15) is 0 Å². The van der Waals surface area contributed by atoms with E-state index in [0.29, 0.717) is 5.69 Å². The highest BCUT2D eigenvalue weighted by Crippen LogP contribution is 2.37. The van der Waals surface area contributed by atoms with Crippen molar-refractivity contribution in [2.45, 2.75) is 38.1 Å². The number of esters is 2. The molecule has 0 saturated heterocycles. The molecule has 0 N–H and O–H groups in total. The third-order valence-electron chi connectivity index (χ3n) is 5.07. The highest BCUT2D eigenvalue weighted by molar-refractivity contribution is 6.07. The number of carbonyl (C=O) groups is 2. The maximum absolute atomic E-state index is 12.6. The first kappa shape index (κ1) is 19.0. The van der Waals surface area contributed by atoms with Crippen molar-refractivity contribution in [2.75, 3.05) is 19.1 Å². The number of hydrogen-bond donors (Lipinski definition) is 0. The lowest BCUT2D eigenvalue weighted by Gasteiger charge is -2.37. The third kappa shape index (κ3) is 3.97. The van der Waals surface area contributed by atoms with Gasteiger partial charge in [0.25, 0.3) is 0 Å². The van der Waals surface area contributed by atoms with E-state index < -0.39 is 11.9 Å². The van der Waals surface area contributed by atoms with Gasteiger partial charge in [0, 0.05) is 11.7 Å². The fourth-order valence-electron chi connectivity index (χ4n) is 3.81. The summed E-state index contributed by atoms with van der Waals surface area (Å²) in [6.07, 6.45) is 5.61. The monoisotopic (exact) mass is 367 g/mol. The average molecular weight is 367 g/mol. The van der Waals surface area contributed by atoms with Gasteiger partial charge >= 0.3 is 11.9 Å². The zero-order valence-corrected chi connectivity index (χ0v) is 15.8. The predicted molar refractivity (Wildman–Crippen MR) is 105 cm³/mol. The Balaban J connectivity index is 2.19. The Morgan fingerprint density at radius 3 is 2.15 bits per heavy atom. The SMILES string of the molecule is COC(=O)c1cccc(N(c2ccccc2)C2CCCCC2)c1C(=O)OC. The van der Waals surface area contributed by atoms with E-state index >= 15 is 0 Å². The molecule has 0 aliphatic heterocycles. The van der Waals surface area contributed by atoms with E-state index in [1.807, 2.05) is 36.4 Å². The van der Waals surface area contributed by atoms with Crippen LogP contribution in [0.15, 0.2) is 48.5 Å². The number of hydrogen-bond acceptors (Lipinski definition) is 5. The Kier molecular flexibility index (Phi) is 6.12. The van der Waals surface area contributed by atoms with Gasteiger partial charge in [-0.05, 0) is 37.1 Å². The molecule has 0 amide bonds. The van der Waals surface area contributed by atoms with Crippen LogP contribution in [-0.2, 0) is 9.47 Å². The summed E-state index contributed by atoms with van der Waals surface area (Å²) in [7, 11) is 2.64. The van der Waals surface area contributed by atoms with E-state index in [4.69, 9.17) is 9.47 Å². The summed E-state index contributed by atoms with van der Waals surface area (Å²) in [6, 6.07) is 15.5. The molecule has 0 radical (unpaired) electrons. The largest absolute Gasteiger partial charge is 0.465 e. The molecule has 5 nitrogen and oxygen atoms in total. The lowest BCUT2D eigenvalue weighted by atomic mass is 9.92. The number of anilines is 2. The van der Waals surface area contributed by atoms with Crippen molar-refractivity contribution in [2.24, 2.45) is 0 Å². The van der Waals surface area contributed by atoms with Crippen LogP contribution >= 0.6 is 0 Å². The molecule has 1 saturated carbocycles. The first-order chi connectivity index (χ1) is 13.2. The molecule has 0 bridgehead atoms. The molecular formula is C22H25NO4. The van der Waals surface area contributed by atoms with E-state index in [2.05, 4.69) is 4.90 Å². The lowest BCUT2D eigenvalue weighted by molar-refractivity contribution is 0.0555. The number of para-hydroxylation sites is 1. The summed E-state index contributed by atoms with van der Waals surface area (Å²) in [5.41, 5.74) is 2.15. The maximum Gasteiger partial charge on any atom is 0.340 e. The molecule has 0 heterocycles. The molecule has 0 aromatic heterocycles. The van der Waals surface area contributed by atoms with Gasteiger partial charge in [0.15, 0.2) is 0 Å². The van der Waals surface area contributed by atoms with Crippen molar-refractivity contribution in [3.8, 4) is 0 Å². The topological polar surface area (TPSA) is 55.8 Å². The number of methoxy groups -OCH3 is 2. The molecule has 3 rings (SSSR count). The van der Waals surface area contributed by atoms with Gasteiger partial charge in [-0.3, -0.25) is 0 Å². The summed E-state index contributed by atoms with van der Waals surface area (Å²) in [6.45, 7) is 0. The van der Waals surface area contributed by atoms with E-state index in [1.165, 1.54) is 20.6 Å². The fraction of sp³-hybridized carbons (Fsp3) is 0.364. The van der Waals surface area contributed by atoms with Crippen molar-refractivity contribution >= 4 is 23.3 Å². The number of rotatable bonds is 5. The normalized spacial score (nSPS) is 14.4. The van der Waals surface area contributed by atoms with Crippen LogP contribution in [-0.4, -0.2) is 32.2 Å². The van der Waals surface area contributed by atoms with Crippen LogP contribution in [0.3, 0.4) is 0 Å². The van der Waals surface area contributed by atoms with Gasteiger partial charge in [0.1, 0.15) is 0 Å². The molecule has 2 aromatic rings. The first-order valence-electron chi connectivity index (χ1n) is 9.31. The molecule has 2 aromatic carbocycles. The summed E-state index contributed by atoms with van der Waals surface area (Å²) in [5.74, 6) is -1.09. The van der Waals surface area contributed by atoms with E-state index in [9.17, 15) is 9.59 Å². The Hall–Kier alpha value is -2.82. The van der Waals surface area contributed by atoms with Gasteiger partial charge < -0.3 is 14.4 Å².